The number of aromatic hydroxyl groups is 2. The summed E-state index contributed by atoms with van der Waals surface area (Å²) in [4.78, 5) is 76.9. The monoisotopic (exact) mass is 765 g/mol. The Labute approximate surface area is 320 Å². The predicted molar refractivity (Wildman–Crippen MR) is 200 cm³/mol. The van der Waals surface area contributed by atoms with Gasteiger partial charge >= 0.3 is 11.9 Å². The van der Waals surface area contributed by atoms with Gasteiger partial charge in [-0.25, -0.2) is 0 Å². The molecule has 2 aromatic rings. The number of rotatable bonds is 24. The average molecular weight is 766 g/mol. The van der Waals surface area contributed by atoms with Gasteiger partial charge in [0.15, 0.2) is 17.3 Å². The highest BCUT2D eigenvalue weighted by Crippen LogP contribution is 2.56. The molecule has 1 saturated heterocycles. The summed E-state index contributed by atoms with van der Waals surface area (Å²) in [5.74, 6) is -0.679. The van der Waals surface area contributed by atoms with Crippen LogP contribution < -0.4 is 0 Å². The molecule has 1 unspecified atom stereocenters. The molecule has 5 atom stereocenters. The van der Waals surface area contributed by atoms with Crippen LogP contribution in [0.2, 0.25) is 0 Å². The molecule has 2 amide bonds. The van der Waals surface area contributed by atoms with E-state index in [1.807, 2.05) is 30.3 Å². The Morgan fingerprint density at radius 2 is 1.44 bits per heavy atom. The number of unbranched alkanes of at least 4 members (excludes halogenated alkanes) is 2. The summed E-state index contributed by atoms with van der Waals surface area (Å²) in [6, 6.07) is 13.5. The number of amides is 2. The number of imide groups is 1. The van der Waals surface area contributed by atoms with Crippen molar-refractivity contribution in [3.8, 4) is 11.5 Å². The van der Waals surface area contributed by atoms with Gasteiger partial charge in [0, 0.05) is 49.0 Å². The minimum atomic E-state index is -0.434. The lowest BCUT2D eigenvalue weighted by Crippen LogP contribution is -2.33. The van der Waals surface area contributed by atoms with Crippen LogP contribution in [0.25, 0.3) is 0 Å². The standard InChI is InChI=1S/C41H51NO11S/c43-31(14-16-36(47)52-20-6-2-5-18-42-40(49)38-29-11-12-30(24-29)39(38)41(42)50)26-35(27-8-3-1-4-9-27)54-23-17-37(48)53-22-21-51-19-7-10-32(44)28-13-15-33(45)34(46)25-28/h1,3-4,8-9,13,15,25,29-30,35,38-39,45-46H,2,5-7,10-12,14,16-24,26H2/t29-,30+,35?,38+,39-. The summed E-state index contributed by atoms with van der Waals surface area (Å²) < 4.78 is 16.1. The van der Waals surface area contributed by atoms with E-state index in [0.29, 0.717) is 55.6 Å². The van der Waals surface area contributed by atoms with Crippen molar-refractivity contribution in [3.05, 3.63) is 59.7 Å². The van der Waals surface area contributed by atoms with Crippen LogP contribution in [0.5, 0.6) is 11.5 Å². The number of Topliss-reactive ketones (excluding diaryl/α,β-unsaturated/α-hetero) is 2. The number of esters is 2. The lowest BCUT2D eigenvalue weighted by molar-refractivity contribution is -0.145. The molecule has 0 aromatic heterocycles. The van der Waals surface area contributed by atoms with Crippen molar-refractivity contribution >= 4 is 47.1 Å². The molecule has 2 aliphatic carbocycles. The van der Waals surface area contributed by atoms with Crippen molar-refractivity contribution in [2.45, 2.75) is 82.3 Å². The molecule has 13 heteroatoms. The van der Waals surface area contributed by atoms with E-state index in [0.717, 1.165) is 31.2 Å². The van der Waals surface area contributed by atoms with Gasteiger partial charge in [-0.15, -0.1) is 0 Å². The zero-order valence-electron chi connectivity index (χ0n) is 30.7. The molecule has 3 fully saturated rings. The van der Waals surface area contributed by atoms with E-state index in [1.165, 1.54) is 34.9 Å². The van der Waals surface area contributed by atoms with Gasteiger partial charge in [-0.2, -0.15) is 11.8 Å². The van der Waals surface area contributed by atoms with Gasteiger partial charge in [0.05, 0.1) is 37.9 Å². The maximum atomic E-state index is 12.9. The largest absolute Gasteiger partial charge is 0.504 e. The molecule has 2 saturated carbocycles. The van der Waals surface area contributed by atoms with Crippen molar-refractivity contribution in [3.63, 3.8) is 0 Å². The van der Waals surface area contributed by atoms with Gasteiger partial charge in [-0.05, 0) is 80.5 Å². The van der Waals surface area contributed by atoms with E-state index in [-0.39, 0.29) is 110 Å². The van der Waals surface area contributed by atoms with Crippen LogP contribution in [0, 0.1) is 23.7 Å². The molecule has 3 aliphatic rings. The number of carbonyl (C=O) groups excluding carboxylic acids is 6. The van der Waals surface area contributed by atoms with Gasteiger partial charge < -0.3 is 24.4 Å². The van der Waals surface area contributed by atoms with Gasteiger partial charge in [0.25, 0.3) is 0 Å². The number of likely N-dealkylation sites (tertiary alicyclic amines) is 1. The molecule has 2 aromatic carbocycles. The first-order valence-corrected chi connectivity index (χ1v) is 20.1. The summed E-state index contributed by atoms with van der Waals surface area (Å²) >= 11 is 1.48. The van der Waals surface area contributed by atoms with Crippen LogP contribution in [-0.2, 0) is 38.2 Å². The fourth-order valence-corrected chi connectivity index (χ4v) is 9.06. The van der Waals surface area contributed by atoms with Crippen LogP contribution in [0.3, 0.4) is 0 Å². The topological polar surface area (TPSA) is 174 Å². The van der Waals surface area contributed by atoms with Crippen LogP contribution in [0.4, 0.5) is 0 Å². The minimum Gasteiger partial charge on any atom is -0.504 e. The summed E-state index contributed by atoms with van der Waals surface area (Å²) in [5, 5.41) is 18.7. The number of benzene rings is 2. The average Bonchev–Trinajstić information content (AvgIpc) is 3.86. The maximum absolute atomic E-state index is 12.9. The fraction of sp³-hybridized carbons (Fsp3) is 0.561. The fourth-order valence-electron chi connectivity index (χ4n) is 7.84. The van der Waals surface area contributed by atoms with Crippen LogP contribution in [0.15, 0.2) is 48.5 Å². The number of ether oxygens (including phenoxy) is 3. The molecule has 1 heterocycles. The van der Waals surface area contributed by atoms with E-state index in [2.05, 4.69) is 0 Å². The normalized spacial score (nSPS) is 20.6. The second-order valence-electron chi connectivity index (χ2n) is 14.3. The molecule has 2 N–H and O–H groups in total. The van der Waals surface area contributed by atoms with Crippen molar-refractivity contribution in [2.75, 3.05) is 38.7 Å². The second kappa shape index (κ2) is 20.5. The first-order valence-electron chi connectivity index (χ1n) is 19.1. The van der Waals surface area contributed by atoms with Gasteiger partial charge in [0.2, 0.25) is 11.8 Å². The molecule has 12 nitrogen and oxygen atoms in total. The third kappa shape index (κ3) is 11.4. The number of ketones is 2. The Balaban J connectivity index is 0.896. The third-order valence-corrected chi connectivity index (χ3v) is 11.9. The Bertz CT molecular complexity index is 1600. The van der Waals surface area contributed by atoms with Crippen molar-refractivity contribution in [1.29, 1.82) is 0 Å². The molecular weight excluding hydrogens is 715 g/mol. The van der Waals surface area contributed by atoms with Crippen molar-refractivity contribution in [2.24, 2.45) is 23.7 Å². The molecule has 1 aliphatic heterocycles. The molecule has 0 radical (unpaired) electrons. The molecule has 292 valence electrons. The number of fused-ring (bicyclic) bond motifs is 5. The molecular formula is C41H51NO11S. The molecule has 5 rings (SSSR count). The maximum Gasteiger partial charge on any atom is 0.306 e. The number of phenolic OH excluding ortho intramolecular Hbond substituents is 2. The van der Waals surface area contributed by atoms with Gasteiger partial charge in [-0.1, -0.05) is 30.3 Å². The zero-order chi connectivity index (χ0) is 38.5. The van der Waals surface area contributed by atoms with E-state index < -0.39 is 5.97 Å². The first kappa shape index (κ1) is 40.9. The number of nitrogens with zero attached hydrogens (tertiary/aromatic N) is 1. The smallest absolute Gasteiger partial charge is 0.306 e. The lowest BCUT2D eigenvalue weighted by atomic mass is 9.81. The summed E-state index contributed by atoms with van der Waals surface area (Å²) in [5.41, 5.74) is 1.26. The highest BCUT2D eigenvalue weighted by molar-refractivity contribution is 7.99. The van der Waals surface area contributed by atoms with Crippen LogP contribution in [-0.4, -0.2) is 89.2 Å². The number of thioether (sulfide) groups is 1. The number of hydrogen-bond donors (Lipinski definition) is 2. The van der Waals surface area contributed by atoms with E-state index in [4.69, 9.17) is 14.2 Å². The summed E-state index contributed by atoms with van der Waals surface area (Å²) in [6.45, 7) is 1.20. The lowest BCUT2D eigenvalue weighted by Gasteiger charge is -2.19. The quantitative estimate of drug-likeness (QED) is 0.0422. The van der Waals surface area contributed by atoms with Crippen LogP contribution >= 0.6 is 11.8 Å². The minimum absolute atomic E-state index is 0.0129. The Kier molecular flexibility index (Phi) is 15.5. The predicted octanol–water partition coefficient (Wildman–Crippen LogP) is 5.97. The van der Waals surface area contributed by atoms with Crippen molar-refractivity contribution in [1.82, 2.24) is 4.90 Å². The third-order valence-electron chi connectivity index (χ3n) is 10.6. The summed E-state index contributed by atoms with van der Waals surface area (Å²) in [7, 11) is 0. The highest BCUT2D eigenvalue weighted by Gasteiger charge is 2.60. The molecule has 0 spiro atoms. The van der Waals surface area contributed by atoms with E-state index in [1.54, 1.807) is 0 Å². The Morgan fingerprint density at radius 3 is 2.17 bits per heavy atom. The number of hydrogen-bond acceptors (Lipinski definition) is 12. The number of carbonyl (C=O) groups is 6. The van der Waals surface area contributed by atoms with Crippen molar-refractivity contribution < 1.29 is 53.2 Å². The second-order valence-corrected chi connectivity index (χ2v) is 15.6. The molecule has 54 heavy (non-hydrogen) atoms. The first-order chi connectivity index (χ1) is 26.1. The van der Waals surface area contributed by atoms with Gasteiger partial charge in [-0.3, -0.25) is 33.7 Å². The molecule has 2 bridgehead atoms. The van der Waals surface area contributed by atoms with Crippen LogP contribution in [0.1, 0.15) is 98.2 Å². The zero-order valence-corrected chi connectivity index (χ0v) is 31.5. The Morgan fingerprint density at radius 1 is 0.741 bits per heavy atom. The summed E-state index contributed by atoms with van der Waals surface area (Å²) in [6.07, 6.45) is 6.22. The van der Waals surface area contributed by atoms with E-state index >= 15 is 0 Å². The Hall–Kier alpha value is -4.23. The van der Waals surface area contributed by atoms with E-state index in [9.17, 15) is 39.0 Å². The number of phenols is 2. The highest BCUT2D eigenvalue weighted by atomic mass is 32.2. The van der Waals surface area contributed by atoms with Gasteiger partial charge in [0.1, 0.15) is 12.4 Å². The SMILES string of the molecule is O=C(CCC(=O)OCCCCCN1C(=O)[C@@H]2[C@H]3CC[C@H](C3)[C@@H]2C1=O)CC(SCCC(=O)OCCOCCCC(=O)c1ccc(O)c(O)c1)c1ccccc1.